The Morgan fingerprint density at radius 2 is 1.20 bits per heavy atom. The number of aromatic amines is 1. The van der Waals surface area contributed by atoms with Crippen LogP contribution in [0.4, 0.5) is 0 Å². The summed E-state index contributed by atoms with van der Waals surface area (Å²) in [5.74, 6) is 0. The van der Waals surface area contributed by atoms with E-state index < -0.39 is 0 Å². The summed E-state index contributed by atoms with van der Waals surface area (Å²) in [5.41, 5.74) is 4.99. The van der Waals surface area contributed by atoms with Crippen LogP contribution in [0.1, 0.15) is 0 Å². The fourth-order valence-electron chi connectivity index (χ4n) is 4.90. The predicted molar refractivity (Wildman–Crippen MR) is 132 cm³/mol. The molecule has 140 valence electrons. The van der Waals surface area contributed by atoms with Gasteiger partial charge in [0, 0.05) is 47.5 Å². The van der Waals surface area contributed by atoms with Crippen LogP contribution in [0.2, 0.25) is 0 Å². The van der Waals surface area contributed by atoms with Gasteiger partial charge in [-0.05, 0) is 34.5 Å². The molecule has 5 aromatic carbocycles. The Balaban J connectivity index is 1.67. The summed E-state index contributed by atoms with van der Waals surface area (Å²) in [5, 5.41) is 7.90. The molecule has 2 heterocycles. The Kier molecular flexibility index (Phi) is 3.21. The monoisotopic (exact) mass is 399 g/mol. The number of fused-ring (bicyclic) bond motifs is 8. The molecule has 0 radical (unpaired) electrons. The van der Waals surface area contributed by atoms with Crippen LogP contribution in [0.5, 0.6) is 0 Å². The minimum atomic E-state index is 1.19. The van der Waals surface area contributed by atoms with Crippen molar-refractivity contribution in [3.63, 3.8) is 0 Å². The van der Waals surface area contributed by atoms with Gasteiger partial charge in [0.2, 0.25) is 0 Å². The van der Waals surface area contributed by atoms with Crippen molar-refractivity contribution in [2.45, 2.75) is 0 Å². The highest BCUT2D eigenvalue weighted by Crippen LogP contribution is 2.44. The summed E-state index contributed by atoms with van der Waals surface area (Å²) in [6.45, 7) is 0. The normalized spacial score (nSPS) is 12.0. The molecular weight excluding hydrogens is 382 g/mol. The highest BCUT2D eigenvalue weighted by atomic mass is 32.1. The van der Waals surface area contributed by atoms with E-state index in [-0.39, 0.29) is 0 Å². The van der Waals surface area contributed by atoms with Crippen LogP contribution in [0.25, 0.3) is 63.9 Å². The zero-order valence-electron chi connectivity index (χ0n) is 16.1. The van der Waals surface area contributed by atoms with E-state index in [0.717, 1.165) is 0 Å². The molecular formula is C28H17NS. The minimum Gasteiger partial charge on any atom is -0.354 e. The molecule has 0 bridgehead atoms. The van der Waals surface area contributed by atoms with Crippen molar-refractivity contribution in [2.75, 3.05) is 0 Å². The Morgan fingerprint density at radius 1 is 0.500 bits per heavy atom. The Morgan fingerprint density at radius 3 is 2.10 bits per heavy atom. The van der Waals surface area contributed by atoms with Crippen molar-refractivity contribution in [1.29, 1.82) is 0 Å². The zero-order chi connectivity index (χ0) is 19.7. The van der Waals surface area contributed by atoms with Gasteiger partial charge in [-0.2, -0.15) is 0 Å². The first-order valence-electron chi connectivity index (χ1n) is 10.2. The number of hydrogen-bond donors (Lipinski definition) is 1. The Hall–Kier alpha value is -3.62. The van der Waals surface area contributed by atoms with Crippen molar-refractivity contribution in [3.05, 3.63) is 97.1 Å². The van der Waals surface area contributed by atoms with E-state index in [1.54, 1.807) is 0 Å². The second-order valence-electron chi connectivity index (χ2n) is 7.84. The molecule has 0 saturated heterocycles. The first-order chi connectivity index (χ1) is 14.9. The van der Waals surface area contributed by atoms with E-state index in [0.29, 0.717) is 0 Å². The molecule has 1 N–H and O–H groups in total. The third kappa shape index (κ3) is 2.11. The van der Waals surface area contributed by atoms with Gasteiger partial charge in [-0.1, -0.05) is 78.9 Å². The van der Waals surface area contributed by atoms with E-state index >= 15 is 0 Å². The fraction of sp³-hybridized carbons (Fsp3) is 0. The number of thiophene rings is 1. The van der Waals surface area contributed by atoms with Gasteiger partial charge in [-0.25, -0.2) is 0 Å². The lowest BCUT2D eigenvalue weighted by atomic mass is 9.94. The van der Waals surface area contributed by atoms with Gasteiger partial charge in [0.05, 0.1) is 0 Å². The lowest BCUT2D eigenvalue weighted by Crippen LogP contribution is -1.84. The topological polar surface area (TPSA) is 15.8 Å². The molecule has 0 unspecified atom stereocenters. The third-order valence-corrected chi connectivity index (χ3v) is 7.42. The third-order valence-electron chi connectivity index (χ3n) is 6.20. The van der Waals surface area contributed by atoms with Crippen LogP contribution >= 0.6 is 11.3 Å². The molecule has 0 aliphatic rings. The maximum atomic E-state index is 3.66. The number of H-pyrrole nitrogens is 1. The highest BCUT2D eigenvalue weighted by molar-refractivity contribution is 7.26. The van der Waals surface area contributed by atoms with Gasteiger partial charge in [-0.3, -0.25) is 0 Å². The summed E-state index contributed by atoms with van der Waals surface area (Å²) in [6, 6.07) is 35.2. The molecule has 0 spiro atoms. The Labute approximate surface area is 177 Å². The van der Waals surface area contributed by atoms with E-state index in [4.69, 9.17) is 0 Å². The molecule has 2 aromatic heterocycles. The predicted octanol–water partition coefficient (Wildman–Crippen LogP) is 8.51. The van der Waals surface area contributed by atoms with Gasteiger partial charge < -0.3 is 4.98 Å². The standard InChI is InChI=1S/C28H17NS/c1-2-10-19-17(8-1)23(16-25-27(19)22-11-3-5-14-24(22)29-25)21-13-7-12-20-18-9-4-6-15-26(18)30-28(20)21/h1-16,29H. The van der Waals surface area contributed by atoms with Crippen LogP contribution in [0.3, 0.4) is 0 Å². The average Bonchev–Trinajstić information content (AvgIpc) is 3.37. The number of aromatic nitrogens is 1. The van der Waals surface area contributed by atoms with Gasteiger partial charge in [-0.15, -0.1) is 11.3 Å². The second-order valence-corrected chi connectivity index (χ2v) is 8.90. The van der Waals surface area contributed by atoms with Crippen LogP contribution < -0.4 is 0 Å². The smallest absolute Gasteiger partial charge is 0.0477 e. The van der Waals surface area contributed by atoms with Crippen molar-refractivity contribution < 1.29 is 0 Å². The molecule has 7 aromatic rings. The summed E-state index contributed by atoms with van der Waals surface area (Å²) < 4.78 is 2.70. The summed E-state index contributed by atoms with van der Waals surface area (Å²) in [6.07, 6.45) is 0. The highest BCUT2D eigenvalue weighted by Gasteiger charge is 2.16. The molecule has 1 nitrogen and oxygen atoms in total. The van der Waals surface area contributed by atoms with Gasteiger partial charge >= 0.3 is 0 Å². The minimum absolute atomic E-state index is 1.19. The van der Waals surface area contributed by atoms with Crippen molar-refractivity contribution in [3.8, 4) is 11.1 Å². The number of para-hydroxylation sites is 1. The van der Waals surface area contributed by atoms with E-state index in [1.165, 1.54) is 63.9 Å². The number of rotatable bonds is 1. The van der Waals surface area contributed by atoms with Crippen LogP contribution in [0.15, 0.2) is 97.1 Å². The van der Waals surface area contributed by atoms with Crippen molar-refractivity contribution in [2.24, 2.45) is 0 Å². The molecule has 30 heavy (non-hydrogen) atoms. The summed E-state index contributed by atoms with van der Waals surface area (Å²) in [4.78, 5) is 3.66. The number of nitrogens with one attached hydrogen (secondary N) is 1. The first kappa shape index (κ1) is 16.2. The molecule has 7 rings (SSSR count). The maximum absolute atomic E-state index is 3.66. The number of hydrogen-bond acceptors (Lipinski definition) is 1. The molecule has 0 aliphatic heterocycles. The van der Waals surface area contributed by atoms with Crippen LogP contribution in [-0.4, -0.2) is 4.98 Å². The summed E-state index contributed by atoms with van der Waals surface area (Å²) in [7, 11) is 0. The quantitative estimate of drug-likeness (QED) is 0.285. The zero-order valence-corrected chi connectivity index (χ0v) is 17.0. The maximum Gasteiger partial charge on any atom is 0.0477 e. The molecule has 0 fully saturated rings. The van der Waals surface area contributed by atoms with Gasteiger partial charge in [0.25, 0.3) is 0 Å². The SMILES string of the molecule is c1ccc2c(c1)[nH]c1cc(-c3cccc4c3sc3ccccc34)c3ccccc3c12. The van der Waals surface area contributed by atoms with Crippen LogP contribution in [-0.2, 0) is 0 Å². The lowest BCUT2D eigenvalue weighted by molar-refractivity contribution is 1.55. The second kappa shape index (κ2) is 5.94. The van der Waals surface area contributed by atoms with Gasteiger partial charge in [0.15, 0.2) is 0 Å². The molecule has 2 heteroatoms. The van der Waals surface area contributed by atoms with E-state index in [2.05, 4.69) is 102 Å². The van der Waals surface area contributed by atoms with Crippen molar-refractivity contribution in [1.82, 2.24) is 4.98 Å². The largest absolute Gasteiger partial charge is 0.354 e. The van der Waals surface area contributed by atoms with Crippen LogP contribution in [0, 0.1) is 0 Å². The molecule has 0 aliphatic carbocycles. The average molecular weight is 400 g/mol. The molecule has 0 amide bonds. The molecule has 0 saturated carbocycles. The van der Waals surface area contributed by atoms with Gasteiger partial charge in [0.1, 0.15) is 0 Å². The fourth-order valence-corrected chi connectivity index (χ4v) is 6.13. The summed E-state index contributed by atoms with van der Waals surface area (Å²) >= 11 is 1.89. The first-order valence-corrected chi connectivity index (χ1v) is 11.0. The lowest BCUT2D eigenvalue weighted by Gasteiger charge is -2.10. The van der Waals surface area contributed by atoms with E-state index in [9.17, 15) is 0 Å². The van der Waals surface area contributed by atoms with Crippen molar-refractivity contribution >= 4 is 64.1 Å². The molecule has 0 atom stereocenters. The number of benzene rings is 5. The van der Waals surface area contributed by atoms with E-state index in [1.807, 2.05) is 11.3 Å². The Bertz CT molecular complexity index is 1750.